The van der Waals surface area contributed by atoms with Crippen LogP contribution < -0.4 is 0 Å². The molecular weight excluding hydrogens is 604 g/mol. The fourth-order valence-electron chi connectivity index (χ4n) is 7.70. The van der Waals surface area contributed by atoms with Crippen LogP contribution in [0.4, 0.5) is 0 Å². The third-order valence-corrected chi connectivity index (χ3v) is 10.1. The van der Waals surface area contributed by atoms with Gasteiger partial charge in [0.2, 0.25) is 0 Å². The Labute approximate surface area is 240 Å². The van der Waals surface area contributed by atoms with Crippen molar-refractivity contribution in [1.82, 2.24) is 9.97 Å². The molecule has 0 atom stereocenters. The molecule has 6 heteroatoms. The molecule has 4 bridgehead atoms. The minimum atomic E-state index is 0.213. The molecule has 2 N–H and O–H groups in total. The van der Waals surface area contributed by atoms with Crippen LogP contribution >= 0.6 is 31.9 Å². The van der Waals surface area contributed by atoms with Gasteiger partial charge in [-0.05, 0) is 164 Å². The maximum absolute atomic E-state index is 9.93. The Kier molecular flexibility index (Phi) is 6.81. The van der Waals surface area contributed by atoms with Crippen molar-refractivity contribution < 1.29 is 10.2 Å². The molecule has 4 saturated carbocycles. The van der Waals surface area contributed by atoms with Gasteiger partial charge in [-0.3, -0.25) is 9.97 Å². The molecule has 4 nitrogen and oxygen atoms in total. The number of aromatic hydroxyl groups is 2. The molecule has 4 aliphatic carbocycles. The summed E-state index contributed by atoms with van der Waals surface area (Å²) < 4.78 is 1.60. The van der Waals surface area contributed by atoms with Crippen molar-refractivity contribution in [3.8, 4) is 22.6 Å². The molecule has 2 aromatic heterocycles. The summed E-state index contributed by atoms with van der Waals surface area (Å²) in [5, 5.41) is 19.9. The summed E-state index contributed by atoms with van der Waals surface area (Å²) in [5.74, 6) is 2.18. The van der Waals surface area contributed by atoms with Gasteiger partial charge in [0.15, 0.2) is 0 Å². The number of hydrogen-bond acceptors (Lipinski definition) is 4. The van der Waals surface area contributed by atoms with E-state index in [1.807, 2.05) is 36.4 Å². The molecule has 8 rings (SSSR count). The van der Waals surface area contributed by atoms with Crippen LogP contribution in [0, 0.1) is 11.8 Å². The summed E-state index contributed by atoms with van der Waals surface area (Å²) in [6.07, 6.45) is 14.7. The fraction of sp³-hybridized carbons (Fsp3) is 0.312. The van der Waals surface area contributed by atoms with E-state index in [1.165, 1.54) is 60.8 Å². The summed E-state index contributed by atoms with van der Waals surface area (Å²) in [5.41, 5.74) is 5.52. The maximum Gasteiger partial charge on any atom is 0.129 e. The molecule has 194 valence electrons. The van der Waals surface area contributed by atoms with E-state index < -0.39 is 0 Å². The fourth-order valence-corrected chi connectivity index (χ4v) is 8.46. The van der Waals surface area contributed by atoms with Crippen molar-refractivity contribution in [3.63, 3.8) is 0 Å². The van der Waals surface area contributed by atoms with E-state index in [-0.39, 0.29) is 10.8 Å². The summed E-state index contributed by atoms with van der Waals surface area (Å²) in [6, 6.07) is 20.1. The molecule has 2 aromatic carbocycles. The van der Waals surface area contributed by atoms with Crippen molar-refractivity contribution in [2.45, 2.75) is 49.4 Å². The molecular formula is C32H30Br2N2O2. The Morgan fingerprint density at radius 2 is 1.00 bits per heavy atom. The lowest BCUT2D eigenvalue weighted by Gasteiger charge is -2.63. The predicted octanol–water partition coefficient (Wildman–Crippen LogP) is 8.56. The number of pyridine rings is 2. The van der Waals surface area contributed by atoms with Crippen molar-refractivity contribution in [1.29, 1.82) is 0 Å². The molecule has 0 aliphatic heterocycles. The second-order valence-electron chi connectivity index (χ2n) is 11.3. The third kappa shape index (κ3) is 4.77. The lowest BCUT2D eigenvalue weighted by Crippen LogP contribution is -2.55. The van der Waals surface area contributed by atoms with Gasteiger partial charge in [-0.1, -0.05) is 12.1 Å². The predicted molar refractivity (Wildman–Crippen MR) is 157 cm³/mol. The summed E-state index contributed by atoms with van der Waals surface area (Å²) in [4.78, 5) is 7.91. The molecule has 4 fully saturated rings. The number of nitrogens with zero attached hydrogens (tertiary/aromatic N) is 2. The smallest absolute Gasteiger partial charge is 0.129 e. The van der Waals surface area contributed by atoms with Crippen molar-refractivity contribution in [2.24, 2.45) is 11.8 Å². The first-order valence-corrected chi connectivity index (χ1v) is 14.7. The lowest BCUT2D eigenvalue weighted by atomic mass is 9.42. The second-order valence-corrected chi connectivity index (χ2v) is 13.0. The summed E-state index contributed by atoms with van der Waals surface area (Å²) >= 11 is 7.03. The van der Waals surface area contributed by atoms with Gasteiger partial charge in [0, 0.05) is 24.8 Å². The molecule has 0 spiro atoms. The highest BCUT2D eigenvalue weighted by atomic mass is 79.9. The number of halogens is 2. The monoisotopic (exact) mass is 632 g/mol. The average Bonchev–Trinajstić information content (AvgIpc) is 2.92. The van der Waals surface area contributed by atoms with Crippen molar-refractivity contribution in [3.05, 3.63) is 106 Å². The Bertz CT molecular complexity index is 1320. The van der Waals surface area contributed by atoms with Gasteiger partial charge in [-0.15, -0.1) is 0 Å². The van der Waals surface area contributed by atoms with Gasteiger partial charge < -0.3 is 10.2 Å². The number of rotatable bonds is 3. The van der Waals surface area contributed by atoms with E-state index >= 15 is 0 Å². The van der Waals surface area contributed by atoms with Gasteiger partial charge in [0.1, 0.15) is 11.5 Å². The van der Waals surface area contributed by atoms with Crippen LogP contribution in [0.15, 0.2) is 94.4 Å². The van der Waals surface area contributed by atoms with E-state index in [0.29, 0.717) is 11.5 Å². The molecule has 4 aliphatic rings. The Morgan fingerprint density at radius 1 is 0.605 bits per heavy atom. The van der Waals surface area contributed by atoms with Crippen LogP contribution in [-0.4, -0.2) is 20.2 Å². The normalized spacial score (nSPS) is 27.0. The van der Waals surface area contributed by atoms with Gasteiger partial charge in [-0.25, -0.2) is 0 Å². The molecule has 0 unspecified atom stereocenters. The quantitative estimate of drug-likeness (QED) is 0.237. The first kappa shape index (κ1) is 25.6. The van der Waals surface area contributed by atoms with E-state index in [1.54, 1.807) is 24.8 Å². The number of aromatic nitrogens is 2. The van der Waals surface area contributed by atoms with E-state index in [0.717, 1.165) is 20.8 Å². The standard InChI is InChI=1S/C22H22Br2O2.C10H8N2/c23-17-6-15(1-3-19(17)25)21-8-13-5-14(9-21)11-22(10-13,12-21)16-2-4-20(26)18(24)7-16;1-5-11-6-2-9(1)10-3-7-12-8-4-10/h1-4,6-7,13-14,25-26H,5,8-12H2;1-8H. The van der Waals surface area contributed by atoms with Crippen LogP contribution in [0.1, 0.15) is 49.7 Å². The van der Waals surface area contributed by atoms with Gasteiger partial charge in [0.25, 0.3) is 0 Å². The highest BCUT2D eigenvalue weighted by molar-refractivity contribution is 9.10. The van der Waals surface area contributed by atoms with E-state index in [9.17, 15) is 10.2 Å². The molecule has 0 radical (unpaired) electrons. The highest BCUT2D eigenvalue weighted by Gasteiger charge is 2.58. The number of phenols is 2. The Hall–Kier alpha value is -2.70. The molecule has 2 heterocycles. The number of hydrogen-bond donors (Lipinski definition) is 2. The van der Waals surface area contributed by atoms with Crippen molar-refractivity contribution in [2.75, 3.05) is 0 Å². The summed E-state index contributed by atoms with van der Waals surface area (Å²) in [6.45, 7) is 0. The topological polar surface area (TPSA) is 66.2 Å². The summed E-state index contributed by atoms with van der Waals surface area (Å²) in [7, 11) is 0. The van der Waals surface area contributed by atoms with Gasteiger partial charge >= 0.3 is 0 Å². The number of phenolic OH excluding ortho intramolecular Hbond substituents is 2. The lowest BCUT2D eigenvalue weighted by molar-refractivity contribution is -0.0282. The minimum Gasteiger partial charge on any atom is -0.507 e. The van der Waals surface area contributed by atoms with Crippen LogP contribution in [-0.2, 0) is 10.8 Å². The van der Waals surface area contributed by atoms with Crippen LogP contribution in [0.25, 0.3) is 11.1 Å². The third-order valence-electron chi connectivity index (χ3n) is 8.88. The SMILES string of the molecule is Oc1ccc(C23CC4CC(C2)CC(c2ccc(O)c(Br)c2)(C4)C3)cc1Br.c1cc(-c2ccncc2)ccn1. The van der Waals surface area contributed by atoms with Crippen LogP contribution in [0.3, 0.4) is 0 Å². The van der Waals surface area contributed by atoms with Gasteiger partial charge in [0.05, 0.1) is 8.95 Å². The molecule has 38 heavy (non-hydrogen) atoms. The zero-order valence-electron chi connectivity index (χ0n) is 21.0. The minimum absolute atomic E-state index is 0.213. The highest BCUT2D eigenvalue weighted by Crippen LogP contribution is 2.66. The van der Waals surface area contributed by atoms with E-state index in [2.05, 4.69) is 66.1 Å². The van der Waals surface area contributed by atoms with E-state index in [4.69, 9.17) is 0 Å². The maximum atomic E-state index is 9.93. The first-order chi connectivity index (χ1) is 18.4. The zero-order chi connectivity index (χ0) is 26.3. The van der Waals surface area contributed by atoms with Crippen LogP contribution in [0.5, 0.6) is 11.5 Å². The number of benzene rings is 2. The largest absolute Gasteiger partial charge is 0.507 e. The zero-order valence-corrected chi connectivity index (χ0v) is 24.2. The van der Waals surface area contributed by atoms with Crippen LogP contribution in [0.2, 0.25) is 0 Å². The molecule has 0 amide bonds. The molecule has 0 saturated heterocycles. The average molecular weight is 634 g/mol. The second kappa shape index (κ2) is 10.1. The Balaban J connectivity index is 0.000000184. The molecule has 4 aromatic rings. The van der Waals surface area contributed by atoms with Crippen molar-refractivity contribution >= 4 is 31.9 Å². The van der Waals surface area contributed by atoms with Gasteiger partial charge in [-0.2, -0.15) is 0 Å². The Morgan fingerprint density at radius 3 is 1.37 bits per heavy atom. The first-order valence-electron chi connectivity index (χ1n) is 13.1.